The maximum atomic E-state index is 13.9. The Morgan fingerprint density at radius 1 is 1.24 bits per heavy atom. The SMILES string of the molecule is Cn1cc(C(C)(CNC(=O)c2nnc(-c3ccc(F)nc3F)s2)c2cccc(C#N)n2)cn1. The highest BCUT2D eigenvalue weighted by Crippen LogP contribution is 2.31. The molecule has 9 nitrogen and oxygen atoms in total. The molecule has 1 N–H and O–H groups in total. The van der Waals surface area contributed by atoms with Crippen molar-refractivity contribution in [2.24, 2.45) is 7.05 Å². The van der Waals surface area contributed by atoms with Gasteiger partial charge in [0.05, 0.1) is 22.9 Å². The summed E-state index contributed by atoms with van der Waals surface area (Å²) in [7, 11) is 1.77. The van der Waals surface area contributed by atoms with Crippen LogP contribution in [0.5, 0.6) is 0 Å². The van der Waals surface area contributed by atoms with Crippen molar-refractivity contribution < 1.29 is 13.6 Å². The molecule has 12 heteroatoms. The Hall–Kier alpha value is -4.11. The molecule has 1 atom stereocenters. The number of nitriles is 1. The van der Waals surface area contributed by atoms with E-state index in [2.05, 4.69) is 30.6 Å². The molecule has 0 saturated heterocycles. The van der Waals surface area contributed by atoms with Gasteiger partial charge in [-0.2, -0.15) is 24.1 Å². The molecule has 0 saturated carbocycles. The average Bonchev–Trinajstić information content (AvgIpc) is 3.47. The number of nitrogens with zero attached hydrogens (tertiary/aromatic N) is 7. The first-order valence-corrected chi connectivity index (χ1v) is 10.4. The molecule has 1 unspecified atom stereocenters. The number of carbonyl (C=O) groups excluding carboxylic acids is 1. The van der Waals surface area contributed by atoms with Crippen LogP contribution >= 0.6 is 11.3 Å². The molecule has 4 heterocycles. The molecule has 0 aliphatic rings. The van der Waals surface area contributed by atoms with Gasteiger partial charge in [0.2, 0.25) is 16.9 Å². The molecule has 0 fully saturated rings. The van der Waals surface area contributed by atoms with Crippen molar-refractivity contribution in [2.45, 2.75) is 12.3 Å². The number of rotatable bonds is 6. The van der Waals surface area contributed by atoms with Crippen LogP contribution in [-0.4, -0.2) is 42.4 Å². The Balaban J connectivity index is 1.59. The highest BCUT2D eigenvalue weighted by molar-refractivity contribution is 7.16. The highest BCUT2D eigenvalue weighted by Gasteiger charge is 2.33. The number of aromatic nitrogens is 6. The van der Waals surface area contributed by atoms with E-state index in [0.29, 0.717) is 5.69 Å². The summed E-state index contributed by atoms with van der Waals surface area (Å²) in [5.74, 6) is -2.52. The number of hydrogen-bond donors (Lipinski definition) is 1. The summed E-state index contributed by atoms with van der Waals surface area (Å²) in [4.78, 5) is 20.3. The van der Waals surface area contributed by atoms with E-state index in [9.17, 15) is 18.8 Å². The number of hydrogen-bond acceptors (Lipinski definition) is 8. The summed E-state index contributed by atoms with van der Waals surface area (Å²) < 4.78 is 28.6. The van der Waals surface area contributed by atoms with Gasteiger partial charge in [-0.25, -0.2) is 4.98 Å². The van der Waals surface area contributed by atoms with Crippen LogP contribution in [0.3, 0.4) is 0 Å². The summed E-state index contributed by atoms with van der Waals surface area (Å²) >= 11 is 0.855. The van der Waals surface area contributed by atoms with E-state index < -0.39 is 23.2 Å². The Morgan fingerprint density at radius 3 is 2.76 bits per heavy atom. The maximum Gasteiger partial charge on any atom is 0.282 e. The van der Waals surface area contributed by atoms with Gasteiger partial charge in [-0.1, -0.05) is 17.4 Å². The number of nitrogens with one attached hydrogen (secondary N) is 1. The van der Waals surface area contributed by atoms with Crippen LogP contribution in [-0.2, 0) is 12.5 Å². The molecular weight excluding hydrogens is 450 g/mol. The second kappa shape index (κ2) is 8.79. The number of carbonyl (C=O) groups is 1. The third-order valence-electron chi connectivity index (χ3n) is 5.04. The minimum absolute atomic E-state index is 0.000923. The van der Waals surface area contributed by atoms with Crippen molar-refractivity contribution in [1.29, 1.82) is 5.26 Å². The average molecular weight is 466 g/mol. The van der Waals surface area contributed by atoms with Gasteiger partial charge in [0.1, 0.15) is 11.8 Å². The lowest BCUT2D eigenvalue weighted by molar-refractivity contribution is 0.0946. The second-order valence-electron chi connectivity index (χ2n) is 7.32. The smallest absolute Gasteiger partial charge is 0.282 e. The van der Waals surface area contributed by atoms with E-state index in [1.54, 1.807) is 42.3 Å². The lowest BCUT2D eigenvalue weighted by Gasteiger charge is -2.28. The molecule has 33 heavy (non-hydrogen) atoms. The summed E-state index contributed by atoms with van der Waals surface area (Å²) in [6.45, 7) is 1.99. The Kier molecular flexibility index (Phi) is 5.89. The van der Waals surface area contributed by atoms with Crippen molar-refractivity contribution in [3.05, 3.63) is 76.6 Å². The molecule has 0 bridgehead atoms. The molecule has 0 aliphatic carbocycles. The molecular formula is C21H16F2N8OS. The maximum absolute atomic E-state index is 13.9. The van der Waals surface area contributed by atoms with Crippen LogP contribution in [0.2, 0.25) is 0 Å². The summed E-state index contributed by atoms with van der Waals surface area (Å²) in [5, 5.41) is 24.0. The predicted molar refractivity (Wildman–Crippen MR) is 114 cm³/mol. The fraction of sp³-hybridized carbons (Fsp3) is 0.190. The quantitative estimate of drug-likeness (QED) is 0.434. The molecule has 0 aromatic carbocycles. The van der Waals surface area contributed by atoms with E-state index in [-0.39, 0.29) is 27.8 Å². The number of amides is 1. The molecule has 0 aliphatic heterocycles. The van der Waals surface area contributed by atoms with Crippen LogP contribution in [0.25, 0.3) is 10.6 Å². The zero-order chi connectivity index (χ0) is 23.6. The van der Waals surface area contributed by atoms with Crippen molar-refractivity contribution >= 4 is 17.2 Å². The highest BCUT2D eigenvalue weighted by atomic mass is 32.1. The van der Waals surface area contributed by atoms with Gasteiger partial charge in [-0.05, 0) is 31.2 Å². The zero-order valence-corrected chi connectivity index (χ0v) is 18.3. The van der Waals surface area contributed by atoms with Crippen LogP contribution in [0, 0.1) is 23.2 Å². The third kappa shape index (κ3) is 4.44. The number of aryl methyl sites for hydroxylation is 1. The van der Waals surface area contributed by atoms with Gasteiger partial charge in [-0.3, -0.25) is 9.48 Å². The molecule has 4 aromatic rings. The minimum Gasteiger partial charge on any atom is -0.349 e. The van der Waals surface area contributed by atoms with Crippen LogP contribution < -0.4 is 5.32 Å². The second-order valence-corrected chi connectivity index (χ2v) is 8.30. The zero-order valence-electron chi connectivity index (χ0n) is 17.5. The first-order valence-electron chi connectivity index (χ1n) is 9.61. The number of pyridine rings is 2. The van der Waals surface area contributed by atoms with Crippen molar-refractivity contribution in [3.8, 4) is 16.6 Å². The lowest BCUT2D eigenvalue weighted by Crippen LogP contribution is -2.40. The van der Waals surface area contributed by atoms with Gasteiger partial charge >= 0.3 is 0 Å². The van der Waals surface area contributed by atoms with E-state index >= 15 is 0 Å². The fourth-order valence-corrected chi connectivity index (χ4v) is 3.95. The normalized spacial score (nSPS) is 12.7. The van der Waals surface area contributed by atoms with E-state index in [1.165, 1.54) is 6.07 Å². The van der Waals surface area contributed by atoms with Gasteiger partial charge < -0.3 is 5.32 Å². The number of halogens is 2. The Bertz CT molecular complexity index is 1380. The Labute approximate surface area is 190 Å². The van der Waals surface area contributed by atoms with E-state index in [0.717, 1.165) is 23.0 Å². The van der Waals surface area contributed by atoms with Crippen molar-refractivity contribution in [2.75, 3.05) is 6.54 Å². The monoisotopic (exact) mass is 466 g/mol. The van der Waals surface area contributed by atoms with Crippen molar-refractivity contribution in [3.63, 3.8) is 0 Å². The minimum atomic E-state index is -1.04. The van der Waals surface area contributed by atoms with Crippen LogP contribution in [0.1, 0.15) is 33.7 Å². The topological polar surface area (TPSA) is 122 Å². The molecule has 0 spiro atoms. The standard InChI is InChI=1S/C21H16F2N8OS/c1-21(12-9-26-31(2)10-12,15-5-3-4-13(8-24)27-15)11-25-18(32)20-30-29-19(33-20)14-6-7-16(22)28-17(14)23/h3-7,9-10H,11H2,1-2H3,(H,25,32). The fourth-order valence-electron chi connectivity index (χ4n) is 3.18. The predicted octanol–water partition coefficient (Wildman–Crippen LogP) is 2.61. The molecule has 4 rings (SSSR count). The van der Waals surface area contributed by atoms with Gasteiger partial charge in [0.15, 0.2) is 5.01 Å². The first kappa shape index (κ1) is 22.1. The molecule has 166 valence electrons. The molecule has 1 amide bonds. The van der Waals surface area contributed by atoms with E-state index in [1.807, 2.05) is 13.0 Å². The summed E-state index contributed by atoms with van der Waals surface area (Å²) in [6, 6.07) is 9.30. The molecule has 0 radical (unpaired) electrons. The summed E-state index contributed by atoms with van der Waals surface area (Å²) in [6.07, 6.45) is 3.47. The van der Waals surface area contributed by atoms with Crippen molar-refractivity contribution in [1.82, 2.24) is 35.3 Å². The van der Waals surface area contributed by atoms with Gasteiger partial charge in [0, 0.05) is 25.4 Å². The van der Waals surface area contributed by atoms with Crippen LogP contribution in [0.15, 0.2) is 42.7 Å². The van der Waals surface area contributed by atoms with Crippen LogP contribution in [0.4, 0.5) is 8.78 Å². The van der Waals surface area contributed by atoms with E-state index in [4.69, 9.17) is 0 Å². The summed E-state index contributed by atoms with van der Waals surface area (Å²) in [5.41, 5.74) is 0.748. The van der Waals surface area contributed by atoms with Gasteiger partial charge in [-0.15, -0.1) is 10.2 Å². The van der Waals surface area contributed by atoms with Gasteiger partial charge in [0.25, 0.3) is 5.91 Å². The Morgan fingerprint density at radius 2 is 2.06 bits per heavy atom. The largest absolute Gasteiger partial charge is 0.349 e. The lowest BCUT2D eigenvalue weighted by atomic mass is 9.80. The molecule has 4 aromatic heterocycles. The third-order valence-corrected chi connectivity index (χ3v) is 5.99. The first-order chi connectivity index (χ1) is 15.8.